The van der Waals surface area contributed by atoms with Crippen LogP contribution >= 0.6 is 15.9 Å². The lowest BCUT2D eigenvalue weighted by molar-refractivity contribution is -0.121. The number of ketones is 1. The molecule has 1 N–H and O–H groups in total. The normalized spacial score (nSPS) is 16.1. The molecule has 90 valence electrons. The number of phenolic OH excluding ortho intramolecular Hbond substituents is 1. The summed E-state index contributed by atoms with van der Waals surface area (Å²) in [5.41, 5.74) is 0.403. The summed E-state index contributed by atoms with van der Waals surface area (Å²) in [6, 6.07) is 4.66. The molecule has 0 saturated carbocycles. The molecule has 1 fully saturated rings. The molecule has 1 aromatic carbocycles. The minimum absolute atomic E-state index is 0.0270. The molecule has 0 atom stereocenters. The lowest BCUT2D eigenvalue weighted by Crippen LogP contribution is -2.40. The number of hydrogen-bond acceptors (Lipinski definition) is 3. The number of carbonyl (C=O) groups excluding carboxylic acids is 2. The Morgan fingerprint density at radius 2 is 2.18 bits per heavy atom. The van der Waals surface area contributed by atoms with Gasteiger partial charge in [-0.05, 0) is 40.5 Å². The Balaban J connectivity index is 2.18. The van der Waals surface area contributed by atoms with Crippen LogP contribution in [0.2, 0.25) is 0 Å². The zero-order valence-electron chi connectivity index (χ0n) is 9.15. The third kappa shape index (κ3) is 2.66. The Morgan fingerprint density at radius 3 is 2.82 bits per heavy atom. The first-order chi connectivity index (χ1) is 8.08. The Hall–Kier alpha value is -1.36. The largest absolute Gasteiger partial charge is 0.507 e. The van der Waals surface area contributed by atoms with E-state index in [1.54, 1.807) is 12.1 Å². The lowest BCUT2D eigenvalue weighted by Gasteiger charge is -2.25. The number of piperidine rings is 1. The second-order valence-corrected chi connectivity index (χ2v) is 4.89. The maximum Gasteiger partial charge on any atom is 0.254 e. The van der Waals surface area contributed by atoms with Crippen LogP contribution in [0.15, 0.2) is 22.7 Å². The summed E-state index contributed by atoms with van der Waals surface area (Å²) in [4.78, 5) is 24.9. The van der Waals surface area contributed by atoms with Crippen molar-refractivity contribution in [2.75, 3.05) is 13.1 Å². The van der Waals surface area contributed by atoms with Crippen molar-refractivity contribution in [3.05, 3.63) is 28.2 Å². The predicted octanol–water partition coefficient (Wildman–Crippen LogP) is 1.96. The number of amides is 1. The fraction of sp³-hybridized carbons (Fsp3) is 0.333. The molecule has 0 aliphatic carbocycles. The van der Waals surface area contributed by atoms with Crippen LogP contribution in [0.1, 0.15) is 23.2 Å². The lowest BCUT2D eigenvalue weighted by atomic mass is 10.1. The maximum atomic E-state index is 12.1. The van der Waals surface area contributed by atoms with E-state index in [4.69, 9.17) is 0 Å². The van der Waals surface area contributed by atoms with Gasteiger partial charge in [-0.15, -0.1) is 0 Å². The number of Topliss-reactive ketones (excluding diaryl/α,β-unsaturated/α-hetero) is 1. The van der Waals surface area contributed by atoms with Gasteiger partial charge < -0.3 is 10.0 Å². The molecule has 1 aliphatic rings. The van der Waals surface area contributed by atoms with E-state index in [1.165, 1.54) is 11.0 Å². The summed E-state index contributed by atoms with van der Waals surface area (Å²) in [5, 5.41) is 9.51. The topological polar surface area (TPSA) is 57.6 Å². The van der Waals surface area contributed by atoms with Gasteiger partial charge in [0.1, 0.15) is 5.75 Å². The standard InChI is InChI=1S/C12H12BrNO3/c13-10-4-3-8(6-11(10)16)12(17)14-5-1-2-9(15)7-14/h3-4,6,16H,1-2,5,7H2. The van der Waals surface area contributed by atoms with Crippen LogP contribution in [0, 0.1) is 0 Å². The van der Waals surface area contributed by atoms with Crippen molar-refractivity contribution >= 4 is 27.6 Å². The van der Waals surface area contributed by atoms with E-state index in [0.29, 0.717) is 29.4 Å². The van der Waals surface area contributed by atoms with Crippen molar-refractivity contribution in [2.45, 2.75) is 12.8 Å². The van der Waals surface area contributed by atoms with Crippen LogP contribution in [0.5, 0.6) is 5.75 Å². The van der Waals surface area contributed by atoms with E-state index in [2.05, 4.69) is 15.9 Å². The highest BCUT2D eigenvalue weighted by molar-refractivity contribution is 9.10. The van der Waals surface area contributed by atoms with Gasteiger partial charge in [-0.2, -0.15) is 0 Å². The van der Waals surface area contributed by atoms with E-state index in [1.807, 2.05) is 0 Å². The summed E-state index contributed by atoms with van der Waals surface area (Å²) >= 11 is 3.16. The van der Waals surface area contributed by atoms with Crippen LogP contribution < -0.4 is 0 Å². The number of halogens is 1. The summed E-state index contributed by atoms with van der Waals surface area (Å²) in [5.74, 6) is -0.0917. The summed E-state index contributed by atoms with van der Waals surface area (Å²) < 4.78 is 0.545. The molecule has 1 aromatic rings. The molecule has 0 aromatic heterocycles. The molecule has 1 amide bonds. The van der Waals surface area contributed by atoms with Gasteiger partial charge in [0, 0.05) is 18.5 Å². The van der Waals surface area contributed by atoms with E-state index in [-0.39, 0.29) is 24.0 Å². The minimum Gasteiger partial charge on any atom is -0.507 e. The highest BCUT2D eigenvalue weighted by Crippen LogP contribution is 2.25. The Labute approximate surface area is 107 Å². The molecule has 5 heteroatoms. The third-order valence-corrected chi connectivity index (χ3v) is 3.40. The molecule has 0 bridgehead atoms. The number of nitrogens with zero attached hydrogens (tertiary/aromatic N) is 1. The van der Waals surface area contributed by atoms with Crippen LogP contribution in [-0.2, 0) is 4.79 Å². The Bertz CT molecular complexity index is 473. The molecule has 4 nitrogen and oxygen atoms in total. The van der Waals surface area contributed by atoms with Gasteiger partial charge in [0.25, 0.3) is 5.91 Å². The zero-order valence-corrected chi connectivity index (χ0v) is 10.7. The third-order valence-electron chi connectivity index (χ3n) is 2.73. The minimum atomic E-state index is -0.208. The van der Waals surface area contributed by atoms with Crippen molar-refractivity contribution in [1.82, 2.24) is 4.90 Å². The van der Waals surface area contributed by atoms with Crippen LogP contribution in [0.3, 0.4) is 0 Å². The summed E-state index contributed by atoms with van der Waals surface area (Å²) in [6.07, 6.45) is 1.27. The number of hydrogen-bond donors (Lipinski definition) is 1. The van der Waals surface area contributed by atoms with Gasteiger partial charge in [-0.25, -0.2) is 0 Å². The first kappa shape index (κ1) is 12.1. The average molecular weight is 298 g/mol. The van der Waals surface area contributed by atoms with E-state index in [0.717, 1.165) is 0 Å². The maximum absolute atomic E-state index is 12.1. The van der Waals surface area contributed by atoms with Gasteiger partial charge in [0.15, 0.2) is 5.78 Å². The molecule has 2 rings (SSSR count). The number of carbonyl (C=O) groups is 2. The first-order valence-corrected chi connectivity index (χ1v) is 6.17. The van der Waals surface area contributed by atoms with Crippen LogP contribution in [0.25, 0.3) is 0 Å². The average Bonchev–Trinajstić information content (AvgIpc) is 2.32. The van der Waals surface area contributed by atoms with Crippen molar-refractivity contribution in [2.24, 2.45) is 0 Å². The monoisotopic (exact) mass is 297 g/mol. The molecular weight excluding hydrogens is 286 g/mol. The molecule has 0 unspecified atom stereocenters. The SMILES string of the molecule is O=C1CCCN(C(=O)c2ccc(Br)c(O)c2)C1. The van der Waals surface area contributed by atoms with E-state index >= 15 is 0 Å². The number of rotatable bonds is 1. The van der Waals surface area contributed by atoms with Crippen molar-refractivity contribution in [3.63, 3.8) is 0 Å². The van der Waals surface area contributed by atoms with Gasteiger partial charge in [0.2, 0.25) is 0 Å². The zero-order chi connectivity index (χ0) is 12.4. The molecular formula is C12H12BrNO3. The molecule has 1 saturated heterocycles. The van der Waals surface area contributed by atoms with E-state index < -0.39 is 0 Å². The quantitative estimate of drug-likeness (QED) is 0.862. The molecule has 0 spiro atoms. The predicted molar refractivity (Wildman–Crippen MR) is 66.0 cm³/mol. The summed E-state index contributed by atoms with van der Waals surface area (Å²) in [7, 11) is 0. The van der Waals surface area contributed by atoms with Crippen molar-refractivity contribution in [1.29, 1.82) is 0 Å². The van der Waals surface area contributed by atoms with Gasteiger partial charge in [-0.3, -0.25) is 9.59 Å². The van der Waals surface area contributed by atoms with Crippen LogP contribution in [0.4, 0.5) is 0 Å². The Kier molecular flexibility index (Phi) is 3.47. The smallest absolute Gasteiger partial charge is 0.254 e. The molecule has 17 heavy (non-hydrogen) atoms. The molecule has 1 heterocycles. The molecule has 0 radical (unpaired) electrons. The fourth-order valence-electron chi connectivity index (χ4n) is 1.84. The van der Waals surface area contributed by atoms with Crippen LogP contribution in [-0.4, -0.2) is 34.8 Å². The number of aromatic hydroxyl groups is 1. The van der Waals surface area contributed by atoms with Gasteiger partial charge >= 0.3 is 0 Å². The number of phenols is 1. The second kappa shape index (κ2) is 4.87. The highest BCUT2D eigenvalue weighted by Gasteiger charge is 2.22. The Morgan fingerprint density at radius 1 is 1.41 bits per heavy atom. The number of likely N-dealkylation sites (tertiary alicyclic amines) is 1. The highest BCUT2D eigenvalue weighted by atomic mass is 79.9. The van der Waals surface area contributed by atoms with Gasteiger partial charge in [-0.1, -0.05) is 0 Å². The molecule has 1 aliphatic heterocycles. The number of benzene rings is 1. The van der Waals surface area contributed by atoms with Gasteiger partial charge in [0.05, 0.1) is 11.0 Å². The fourth-order valence-corrected chi connectivity index (χ4v) is 2.09. The van der Waals surface area contributed by atoms with E-state index in [9.17, 15) is 14.7 Å². The van der Waals surface area contributed by atoms with Crippen molar-refractivity contribution in [3.8, 4) is 5.75 Å². The first-order valence-electron chi connectivity index (χ1n) is 5.37. The van der Waals surface area contributed by atoms with Crippen molar-refractivity contribution < 1.29 is 14.7 Å². The summed E-state index contributed by atoms with van der Waals surface area (Å²) in [6.45, 7) is 0.775. The second-order valence-electron chi connectivity index (χ2n) is 4.04.